The van der Waals surface area contributed by atoms with Gasteiger partial charge in [0, 0.05) is 11.4 Å². The molecule has 1 aromatic carbocycles. The fourth-order valence-corrected chi connectivity index (χ4v) is 2.40. The molecule has 1 atom stereocenters. The van der Waals surface area contributed by atoms with E-state index >= 15 is 0 Å². The molecule has 1 unspecified atom stereocenters. The van der Waals surface area contributed by atoms with Gasteiger partial charge in [0.1, 0.15) is 6.10 Å². The number of hydrogen-bond donors (Lipinski definition) is 1. The monoisotopic (exact) mass is 233 g/mol. The summed E-state index contributed by atoms with van der Waals surface area (Å²) in [5, 5.41) is 2.07. The van der Waals surface area contributed by atoms with Gasteiger partial charge in [-0.25, -0.2) is 0 Å². The van der Waals surface area contributed by atoms with Crippen molar-refractivity contribution in [2.24, 2.45) is 5.73 Å². The summed E-state index contributed by atoms with van der Waals surface area (Å²) >= 11 is 1.71. The summed E-state index contributed by atoms with van der Waals surface area (Å²) in [4.78, 5) is 1.22. The quantitative estimate of drug-likeness (QED) is 0.862. The van der Waals surface area contributed by atoms with Gasteiger partial charge >= 0.3 is 0 Å². The van der Waals surface area contributed by atoms with Crippen LogP contribution in [0.15, 0.2) is 47.8 Å². The lowest BCUT2D eigenvalue weighted by Gasteiger charge is -2.16. The smallest absolute Gasteiger partial charge is 0.117 e. The van der Waals surface area contributed by atoms with Crippen LogP contribution in [-0.4, -0.2) is 13.2 Å². The van der Waals surface area contributed by atoms with E-state index in [1.165, 1.54) is 10.4 Å². The third-order valence-electron chi connectivity index (χ3n) is 2.31. The summed E-state index contributed by atoms with van der Waals surface area (Å²) in [6.07, 6.45) is 0.0183. The maximum atomic E-state index is 5.81. The van der Waals surface area contributed by atoms with Gasteiger partial charge in [-0.05, 0) is 17.0 Å². The Labute approximate surface area is 99.7 Å². The van der Waals surface area contributed by atoms with Crippen LogP contribution in [0.3, 0.4) is 0 Å². The van der Waals surface area contributed by atoms with E-state index in [2.05, 4.69) is 23.6 Å². The van der Waals surface area contributed by atoms with E-state index in [0.717, 1.165) is 0 Å². The minimum Gasteiger partial charge on any atom is -0.367 e. The molecular formula is C13H15NOS. The number of rotatable bonds is 5. The molecule has 3 heteroatoms. The second-order valence-electron chi connectivity index (χ2n) is 3.47. The first-order valence-corrected chi connectivity index (χ1v) is 6.20. The van der Waals surface area contributed by atoms with Crippen molar-refractivity contribution in [1.29, 1.82) is 0 Å². The minimum atomic E-state index is 0.0183. The van der Waals surface area contributed by atoms with Crippen molar-refractivity contribution in [1.82, 2.24) is 0 Å². The summed E-state index contributed by atoms with van der Waals surface area (Å²) in [5.74, 6) is 0. The molecule has 0 spiro atoms. The van der Waals surface area contributed by atoms with Gasteiger partial charge in [0.15, 0.2) is 0 Å². The highest BCUT2D eigenvalue weighted by Gasteiger charge is 2.14. The largest absolute Gasteiger partial charge is 0.367 e. The lowest BCUT2D eigenvalue weighted by molar-refractivity contribution is 0.0888. The molecular weight excluding hydrogens is 218 g/mol. The van der Waals surface area contributed by atoms with E-state index in [0.29, 0.717) is 13.2 Å². The number of hydrogen-bond acceptors (Lipinski definition) is 3. The molecule has 0 amide bonds. The van der Waals surface area contributed by atoms with Crippen LogP contribution in [0, 0.1) is 0 Å². The fraction of sp³-hybridized carbons (Fsp3) is 0.231. The van der Waals surface area contributed by atoms with Gasteiger partial charge in [0.2, 0.25) is 0 Å². The summed E-state index contributed by atoms with van der Waals surface area (Å²) in [6.45, 7) is 1.13. The van der Waals surface area contributed by atoms with E-state index in [4.69, 9.17) is 10.5 Å². The highest BCUT2D eigenvalue weighted by atomic mass is 32.1. The van der Waals surface area contributed by atoms with Crippen LogP contribution in [0.5, 0.6) is 0 Å². The zero-order valence-electron chi connectivity index (χ0n) is 9.00. The molecule has 0 saturated heterocycles. The molecule has 0 aliphatic rings. The molecule has 2 rings (SSSR count). The maximum Gasteiger partial charge on any atom is 0.117 e. The second kappa shape index (κ2) is 5.80. The molecule has 2 N–H and O–H groups in total. The molecule has 2 aromatic rings. The Morgan fingerprint density at radius 2 is 1.94 bits per heavy atom. The Hall–Kier alpha value is -1.16. The van der Waals surface area contributed by atoms with E-state index in [9.17, 15) is 0 Å². The fourth-order valence-electron chi connectivity index (χ4n) is 1.60. The van der Waals surface area contributed by atoms with E-state index in [1.807, 2.05) is 24.3 Å². The van der Waals surface area contributed by atoms with Gasteiger partial charge < -0.3 is 10.5 Å². The van der Waals surface area contributed by atoms with Crippen molar-refractivity contribution in [3.05, 3.63) is 58.3 Å². The lowest BCUT2D eigenvalue weighted by atomic mass is 10.1. The topological polar surface area (TPSA) is 35.2 Å². The van der Waals surface area contributed by atoms with Crippen LogP contribution in [-0.2, 0) is 4.74 Å². The summed E-state index contributed by atoms with van der Waals surface area (Å²) in [7, 11) is 0. The Bertz CT molecular complexity index is 399. The van der Waals surface area contributed by atoms with Crippen molar-refractivity contribution in [2.45, 2.75) is 6.10 Å². The predicted octanol–water partition coefficient (Wildman–Crippen LogP) is 2.81. The zero-order valence-corrected chi connectivity index (χ0v) is 9.82. The molecule has 1 heterocycles. The number of benzene rings is 1. The summed E-state index contributed by atoms with van der Waals surface area (Å²) in [6, 6.07) is 14.4. The number of ether oxygens (including phenoxy) is 1. The molecule has 0 radical (unpaired) electrons. The third kappa shape index (κ3) is 2.70. The molecule has 2 nitrogen and oxygen atoms in total. The van der Waals surface area contributed by atoms with Gasteiger partial charge in [-0.15, -0.1) is 11.3 Å². The predicted molar refractivity (Wildman–Crippen MR) is 67.6 cm³/mol. The normalized spacial score (nSPS) is 12.6. The SMILES string of the molecule is NCCOC(c1ccccc1)c1cccs1. The summed E-state index contributed by atoms with van der Waals surface area (Å²) < 4.78 is 5.81. The average molecular weight is 233 g/mol. The van der Waals surface area contributed by atoms with Crippen LogP contribution >= 0.6 is 11.3 Å². The molecule has 16 heavy (non-hydrogen) atoms. The van der Waals surface area contributed by atoms with Crippen LogP contribution < -0.4 is 5.73 Å². The van der Waals surface area contributed by atoms with Crippen molar-refractivity contribution in [3.63, 3.8) is 0 Å². The van der Waals surface area contributed by atoms with Gasteiger partial charge in [-0.1, -0.05) is 36.4 Å². The molecule has 0 bridgehead atoms. The highest BCUT2D eigenvalue weighted by Crippen LogP contribution is 2.28. The first-order valence-electron chi connectivity index (χ1n) is 5.32. The van der Waals surface area contributed by atoms with Crippen molar-refractivity contribution in [3.8, 4) is 0 Å². The van der Waals surface area contributed by atoms with Crippen molar-refractivity contribution < 1.29 is 4.74 Å². The molecule has 0 aliphatic heterocycles. The van der Waals surface area contributed by atoms with E-state index in [1.54, 1.807) is 11.3 Å². The second-order valence-corrected chi connectivity index (χ2v) is 4.44. The Balaban J connectivity index is 2.21. The van der Waals surface area contributed by atoms with Crippen LogP contribution in [0.4, 0.5) is 0 Å². The van der Waals surface area contributed by atoms with Crippen molar-refractivity contribution >= 4 is 11.3 Å². The van der Waals surface area contributed by atoms with Crippen LogP contribution in [0.25, 0.3) is 0 Å². The number of thiophene rings is 1. The molecule has 0 aliphatic carbocycles. The first kappa shape index (κ1) is 11.3. The molecule has 84 valence electrons. The Morgan fingerprint density at radius 1 is 1.12 bits per heavy atom. The average Bonchev–Trinajstić information content (AvgIpc) is 2.85. The van der Waals surface area contributed by atoms with Crippen molar-refractivity contribution in [2.75, 3.05) is 13.2 Å². The number of nitrogens with two attached hydrogens (primary N) is 1. The van der Waals surface area contributed by atoms with E-state index < -0.39 is 0 Å². The molecule has 0 saturated carbocycles. The molecule has 1 aromatic heterocycles. The third-order valence-corrected chi connectivity index (χ3v) is 3.22. The minimum absolute atomic E-state index is 0.0183. The lowest BCUT2D eigenvalue weighted by Crippen LogP contribution is -2.12. The van der Waals surface area contributed by atoms with E-state index in [-0.39, 0.29) is 6.10 Å². The maximum absolute atomic E-state index is 5.81. The van der Waals surface area contributed by atoms with Crippen LogP contribution in [0.1, 0.15) is 16.5 Å². The highest BCUT2D eigenvalue weighted by molar-refractivity contribution is 7.10. The first-order chi connectivity index (χ1) is 7.92. The van der Waals surface area contributed by atoms with Gasteiger partial charge in [-0.3, -0.25) is 0 Å². The Kier molecular flexibility index (Phi) is 4.10. The van der Waals surface area contributed by atoms with Gasteiger partial charge in [-0.2, -0.15) is 0 Å². The zero-order chi connectivity index (χ0) is 11.2. The Morgan fingerprint density at radius 3 is 2.56 bits per heavy atom. The summed E-state index contributed by atoms with van der Waals surface area (Å²) in [5.41, 5.74) is 6.67. The van der Waals surface area contributed by atoms with Gasteiger partial charge in [0.05, 0.1) is 6.61 Å². The van der Waals surface area contributed by atoms with Gasteiger partial charge in [0.25, 0.3) is 0 Å². The molecule has 0 fully saturated rings. The standard InChI is InChI=1S/C13H15NOS/c14-8-9-15-13(12-7-4-10-16-12)11-5-2-1-3-6-11/h1-7,10,13H,8-9,14H2. The van der Waals surface area contributed by atoms with Crippen LogP contribution in [0.2, 0.25) is 0 Å².